The van der Waals surface area contributed by atoms with E-state index < -0.39 is 0 Å². The summed E-state index contributed by atoms with van der Waals surface area (Å²) in [7, 11) is 0. The van der Waals surface area contributed by atoms with Gasteiger partial charge in [-0.3, -0.25) is 0 Å². The van der Waals surface area contributed by atoms with Gasteiger partial charge in [-0.05, 0) is 36.0 Å². The molecule has 0 amide bonds. The summed E-state index contributed by atoms with van der Waals surface area (Å²) in [6, 6.07) is 6.88. The predicted octanol–water partition coefficient (Wildman–Crippen LogP) is 4.66. The van der Waals surface area contributed by atoms with Gasteiger partial charge in [0.05, 0.1) is 0 Å². The fourth-order valence-electron chi connectivity index (χ4n) is 1.75. The average molecular weight is 255 g/mol. The lowest BCUT2D eigenvalue weighted by Crippen LogP contribution is -1.95. The Morgan fingerprint density at radius 2 is 1.71 bits per heavy atom. The summed E-state index contributed by atoms with van der Waals surface area (Å²) in [6.07, 6.45) is 3.43. The number of benzene rings is 1. The number of aryl methyl sites for hydroxylation is 2. The zero-order valence-electron chi connectivity index (χ0n) is 9.31. The molecule has 0 saturated heterocycles. The number of alkyl halides is 1. The second kappa shape index (κ2) is 5.55. The zero-order chi connectivity index (χ0) is 10.6. The van der Waals surface area contributed by atoms with Gasteiger partial charge in [0.2, 0.25) is 0 Å². The second-order valence-electron chi connectivity index (χ2n) is 3.61. The largest absolute Gasteiger partial charge is 0.0839 e. The standard InChI is InChI=1S/C13H19Br/c1-4-10-7-8-12(13(14)6-3)9-11(10)5-2/h7-9,13H,4-6H2,1-3H3. The van der Waals surface area contributed by atoms with Crippen molar-refractivity contribution in [3.05, 3.63) is 34.9 Å². The van der Waals surface area contributed by atoms with Crippen LogP contribution in [0.5, 0.6) is 0 Å². The molecule has 1 rings (SSSR count). The Morgan fingerprint density at radius 1 is 1.07 bits per heavy atom. The quantitative estimate of drug-likeness (QED) is 0.686. The van der Waals surface area contributed by atoms with Gasteiger partial charge in [-0.15, -0.1) is 0 Å². The first-order valence-corrected chi connectivity index (χ1v) is 6.40. The third kappa shape index (κ3) is 2.60. The van der Waals surface area contributed by atoms with E-state index in [1.807, 2.05) is 0 Å². The van der Waals surface area contributed by atoms with Gasteiger partial charge in [0.1, 0.15) is 0 Å². The van der Waals surface area contributed by atoms with Crippen molar-refractivity contribution in [2.24, 2.45) is 0 Å². The van der Waals surface area contributed by atoms with E-state index in [1.54, 1.807) is 0 Å². The van der Waals surface area contributed by atoms with Gasteiger partial charge in [0, 0.05) is 4.83 Å². The Kier molecular flexibility index (Phi) is 4.67. The molecule has 14 heavy (non-hydrogen) atoms. The predicted molar refractivity (Wildman–Crippen MR) is 67.2 cm³/mol. The normalized spacial score (nSPS) is 12.9. The van der Waals surface area contributed by atoms with Crippen LogP contribution < -0.4 is 0 Å². The lowest BCUT2D eigenvalue weighted by atomic mass is 9.98. The van der Waals surface area contributed by atoms with Crippen LogP contribution in [-0.2, 0) is 12.8 Å². The molecule has 0 fully saturated rings. The van der Waals surface area contributed by atoms with E-state index in [2.05, 4.69) is 54.9 Å². The van der Waals surface area contributed by atoms with Gasteiger partial charge in [-0.2, -0.15) is 0 Å². The molecule has 0 aromatic heterocycles. The van der Waals surface area contributed by atoms with Crippen molar-refractivity contribution in [2.75, 3.05) is 0 Å². The lowest BCUT2D eigenvalue weighted by molar-refractivity contribution is 0.902. The highest BCUT2D eigenvalue weighted by molar-refractivity contribution is 9.09. The summed E-state index contributed by atoms with van der Waals surface area (Å²) in [6.45, 7) is 6.66. The maximum absolute atomic E-state index is 3.69. The molecule has 0 N–H and O–H groups in total. The van der Waals surface area contributed by atoms with Crippen molar-refractivity contribution in [1.29, 1.82) is 0 Å². The van der Waals surface area contributed by atoms with Gasteiger partial charge in [-0.25, -0.2) is 0 Å². The molecule has 0 nitrogen and oxygen atoms in total. The highest BCUT2D eigenvalue weighted by Crippen LogP contribution is 2.27. The molecule has 0 saturated carbocycles. The van der Waals surface area contributed by atoms with Crippen LogP contribution in [0.3, 0.4) is 0 Å². The van der Waals surface area contributed by atoms with Crippen molar-refractivity contribution in [3.63, 3.8) is 0 Å². The number of hydrogen-bond donors (Lipinski definition) is 0. The number of hydrogen-bond acceptors (Lipinski definition) is 0. The van der Waals surface area contributed by atoms with E-state index in [-0.39, 0.29) is 0 Å². The van der Waals surface area contributed by atoms with Gasteiger partial charge in [-0.1, -0.05) is 54.9 Å². The molecule has 78 valence electrons. The van der Waals surface area contributed by atoms with Crippen LogP contribution in [0.2, 0.25) is 0 Å². The molecule has 0 aliphatic carbocycles. The third-order valence-corrected chi connectivity index (χ3v) is 3.89. The monoisotopic (exact) mass is 254 g/mol. The Bertz CT molecular complexity index is 291. The third-order valence-electron chi connectivity index (χ3n) is 2.71. The van der Waals surface area contributed by atoms with Crippen LogP contribution in [0, 0.1) is 0 Å². The van der Waals surface area contributed by atoms with E-state index in [1.165, 1.54) is 16.7 Å². The van der Waals surface area contributed by atoms with Crippen LogP contribution in [0.25, 0.3) is 0 Å². The van der Waals surface area contributed by atoms with E-state index in [0.717, 1.165) is 19.3 Å². The van der Waals surface area contributed by atoms with Crippen LogP contribution in [0.4, 0.5) is 0 Å². The van der Waals surface area contributed by atoms with Crippen molar-refractivity contribution in [2.45, 2.75) is 44.9 Å². The van der Waals surface area contributed by atoms with Crippen molar-refractivity contribution < 1.29 is 0 Å². The second-order valence-corrected chi connectivity index (χ2v) is 4.72. The lowest BCUT2D eigenvalue weighted by Gasteiger charge is -2.12. The molecule has 0 heterocycles. The van der Waals surface area contributed by atoms with E-state index >= 15 is 0 Å². The first-order valence-electron chi connectivity index (χ1n) is 5.48. The zero-order valence-corrected chi connectivity index (χ0v) is 10.9. The summed E-state index contributed by atoms with van der Waals surface area (Å²) < 4.78 is 0. The van der Waals surface area contributed by atoms with Crippen molar-refractivity contribution in [1.82, 2.24) is 0 Å². The van der Waals surface area contributed by atoms with Gasteiger partial charge < -0.3 is 0 Å². The smallest absolute Gasteiger partial charge is 0.0392 e. The molecule has 0 aliphatic rings. The highest BCUT2D eigenvalue weighted by atomic mass is 79.9. The van der Waals surface area contributed by atoms with E-state index in [0.29, 0.717) is 4.83 Å². The highest BCUT2D eigenvalue weighted by Gasteiger charge is 2.06. The first-order chi connectivity index (χ1) is 6.72. The SMILES string of the molecule is CCc1ccc(C(Br)CC)cc1CC. The molecule has 1 unspecified atom stereocenters. The molecular weight excluding hydrogens is 236 g/mol. The van der Waals surface area contributed by atoms with Crippen LogP contribution in [0.15, 0.2) is 18.2 Å². The molecule has 0 spiro atoms. The molecule has 0 bridgehead atoms. The Balaban J connectivity index is 3.01. The van der Waals surface area contributed by atoms with Gasteiger partial charge in [0.25, 0.3) is 0 Å². The molecule has 1 atom stereocenters. The fraction of sp³-hybridized carbons (Fsp3) is 0.538. The number of rotatable bonds is 4. The molecule has 0 aliphatic heterocycles. The maximum Gasteiger partial charge on any atom is 0.0392 e. The van der Waals surface area contributed by atoms with Gasteiger partial charge in [0.15, 0.2) is 0 Å². The van der Waals surface area contributed by atoms with Crippen LogP contribution in [0.1, 0.15) is 48.7 Å². The van der Waals surface area contributed by atoms with Crippen molar-refractivity contribution in [3.8, 4) is 0 Å². The van der Waals surface area contributed by atoms with E-state index in [4.69, 9.17) is 0 Å². The maximum atomic E-state index is 3.69. The molecule has 1 aromatic carbocycles. The topological polar surface area (TPSA) is 0 Å². The Morgan fingerprint density at radius 3 is 2.21 bits per heavy atom. The van der Waals surface area contributed by atoms with E-state index in [9.17, 15) is 0 Å². The summed E-state index contributed by atoms with van der Waals surface area (Å²) in [5.74, 6) is 0. The van der Waals surface area contributed by atoms with Crippen LogP contribution in [-0.4, -0.2) is 0 Å². The first kappa shape index (κ1) is 11.8. The molecule has 1 heteroatoms. The Labute approximate surface area is 95.9 Å². The van der Waals surface area contributed by atoms with Crippen molar-refractivity contribution >= 4 is 15.9 Å². The summed E-state index contributed by atoms with van der Waals surface area (Å²) >= 11 is 3.69. The fourth-order valence-corrected chi connectivity index (χ4v) is 2.04. The summed E-state index contributed by atoms with van der Waals surface area (Å²) in [5, 5.41) is 0. The molecule has 0 radical (unpaired) electrons. The summed E-state index contributed by atoms with van der Waals surface area (Å²) in [5.41, 5.74) is 4.41. The summed E-state index contributed by atoms with van der Waals surface area (Å²) in [4.78, 5) is 0.513. The number of halogens is 1. The molecule has 1 aromatic rings. The minimum atomic E-state index is 0.513. The van der Waals surface area contributed by atoms with Crippen LogP contribution >= 0.6 is 15.9 Å². The average Bonchev–Trinajstić information content (AvgIpc) is 2.26. The minimum absolute atomic E-state index is 0.513. The minimum Gasteiger partial charge on any atom is -0.0839 e. The Hall–Kier alpha value is -0.300. The van der Waals surface area contributed by atoms with Gasteiger partial charge >= 0.3 is 0 Å². The molecular formula is C13H19Br.